The SMILES string of the molecule is CCCCCCCCCc1ccccc1OC(=O)OCC. The first-order chi connectivity index (χ1) is 10.3. The molecule has 0 radical (unpaired) electrons. The Morgan fingerprint density at radius 1 is 0.952 bits per heavy atom. The molecule has 0 spiro atoms. The Labute approximate surface area is 128 Å². The number of unbranched alkanes of at least 4 members (excludes halogenated alkanes) is 6. The van der Waals surface area contributed by atoms with Crippen molar-refractivity contribution in [3.8, 4) is 5.75 Å². The molecule has 0 saturated heterocycles. The summed E-state index contributed by atoms with van der Waals surface area (Å²) in [7, 11) is 0. The average Bonchev–Trinajstić information content (AvgIpc) is 2.48. The minimum atomic E-state index is -0.621. The van der Waals surface area contributed by atoms with E-state index in [1.54, 1.807) is 6.92 Å². The Balaban J connectivity index is 2.32. The normalized spacial score (nSPS) is 10.4. The van der Waals surface area contributed by atoms with Gasteiger partial charge in [-0.25, -0.2) is 4.79 Å². The Kier molecular flexibility index (Phi) is 9.34. The molecule has 0 atom stereocenters. The van der Waals surface area contributed by atoms with Gasteiger partial charge in [0.15, 0.2) is 0 Å². The van der Waals surface area contributed by atoms with Crippen molar-refractivity contribution in [2.75, 3.05) is 6.61 Å². The van der Waals surface area contributed by atoms with Crippen LogP contribution in [0.4, 0.5) is 4.79 Å². The average molecular weight is 292 g/mol. The van der Waals surface area contributed by atoms with E-state index in [-0.39, 0.29) is 0 Å². The summed E-state index contributed by atoms with van der Waals surface area (Å²) in [4.78, 5) is 11.4. The minimum Gasteiger partial charge on any atom is -0.434 e. The molecule has 0 unspecified atom stereocenters. The van der Waals surface area contributed by atoms with E-state index < -0.39 is 6.16 Å². The van der Waals surface area contributed by atoms with Gasteiger partial charge < -0.3 is 9.47 Å². The van der Waals surface area contributed by atoms with Gasteiger partial charge in [0.1, 0.15) is 5.75 Å². The largest absolute Gasteiger partial charge is 0.513 e. The molecule has 1 aromatic carbocycles. The molecule has 0 fully saturated rings. The van der Waals surface area contributed by atoms with E-state index in [4.69, 9.17) is 9.47 Å². The molecule has 0 saturated carbocycles. The van der Waals surface area contributed by atoms with Gasteiger partial charge in [0.2, 0.25) is 0 Å². The third-order valence-electron chi connectivity index (χ3n) is 3.48. The highest BCUT2D eigenvalue weighted by Gasteiger charge is 2.09. The Hall–Kier alpha value is -1.51. The zero-order valence-corrected chi connectivity index (χ0v) is 13.4. The maximum Gasteiger partial charge on any atom is 0.513 e. The number of aryl methyl sites for hydroxylation is 1. The van der Waals surface area contributed by atoms with Crippen LogP contribution < -0.4 is 4.74 Å². The van der Waals surface area contributed by atoms with Crippen LogP contribution in [0, 0.1) is 0 Å². The maximum atomic E-state index is 11.4. The van der Waals surface area contributed by atoms with Crippen molar-refractivity contribution in [2.45, 2.75) is 65.2 Å². The molecule has 0 bridgehead atoms. The van der Waals surface area contributed by atoms with Crippen LogP contribution in [0.15, 0.2) is 24.3 Å². The van der Waals surface area contributed by atoms with E-state index in [1.807, 2.05) is 24.3 Å². The van der Waals surface area contributed by atoms with E-state index in [9.17, 15) is 4.79 Å². The van der Waals surface area contributed by atoms with Gasteiger partial charge in [-0.05, 0) is 31.4 Å². The highest BCUT2D eigenvalue weighted by atomic mass is 16.7. The first-order valence-corrected chi connectivity index (χ1v) is 8.20. The molecule has 0 aliphatic carbocycles. The number of hydrogen-bond acceptors (Lipinski definition) is 3. The van der Waals surface area contributed by atoms with Crippen LogP contribution in [-0.4, -0.2) is 12.8 Å². The second-order valence-corrected chi connectivity index (χ2v) is 5.26. The molecule has 0 aliphatic heterocycles. The molecule has 0 aliphatic rings. The minimum absolute atomic E-state index is 0.332. The molecule has 1 rings (SSSR count). The Bertz CT molecular complexity index is 401. The van der Waals surface area contributed by atoms with Gasteiger partial charge in [-0.1, -0.05) is 63.6 Å². The zero-order valence-electron chi connectivity index (χ0n) is 13.4. The fourth-order valence-electron chi connectivity index (χ4n) is 2.32. The maximum absolute atomic E-state index is 11.4. The van der Waals surface area contributed by atoms with Crippen LogP contribution in [0.25, 0.3) is 0 Å². The molecule has 3 heteroatoms. The van der Waals surface area contributed by atoms with Crippen molar-refractivity contribution < 1.29 is 14.3 Å². The fraction of sp³-hybridized carbons (Fsp3) is 0.611. The smallest absolute Gasteiger partial charge is 0.434 e. The number of hydrogen-bond donors (Lipinski definition) is 0. The van der Waals surface area contributed by atoms with E-state index in [0.717, 1.165) is 18.4 Å². The molecule has 118 valence electrons. The summed E-state index contributed by atoms with van der Waals surface area (Å²) in [6, 6.07) is 7.70. The third kappa shape index (κ3) is 7.74. The number of benzene rings is 1. The van der Waals surface area contributed by atoms with Gasteiger partial charge in [-0.15, -0.1) is 0 Å². The van der Waals surface area contributed by atoms with Gasteiger partial charge in [-0.2, -0.15) is 0 Å². The Morgan fingerprint density at radius 2 is 1.62 bits per heavy atom. The molecule has 0 N–H and O–H groups in total. The summed E-state index contributed by atoms with van der Waals surface area (Å²) in [5, 5.41) is 0. The summed E-state index contributed by atoms with van der Waals surface area (Å²) >= 11 is 0. The lowest BCUT2D eigenvalue weighted by atomic mass is 10.0. The predicted molar refractivity (Wildman–Crippen MR) is 85.8 cm³/mol. The summed E-state index contributed by atoms with van der Waals surface area (Å²) in [5.41, 5.74) is 1.08. The Morgan fingerprint density at radius 3 is 2.33 bits per heavy atom. The first-order valence-electron chi connectivity index (χ1n) is 8.20. The number of carbonyl (C=O) groups excluding carboxylic acids is 1. The number of carbonyl (C=O) groups is 1. The second kappa shape index (κ2) is 11.2. The van der Waals surface area contributed by atoms with Crippen LogP contribution in [0.5, 0.6) is 5.75 Å². The van der Waals surface area contributed by atoms with Gasteiger partial charge in [0.25, 0.3) is 0 Å². The number of ether oxygens (including phenoxy) is 2. The molecule has 0 aromatic heterocycles. The van der Waals surface area contributed by atoms with Gasteiger partial charge in [0, 0.05) is 0 Å². The highest BCUT2D eigenvalue weighted by molar-refractivity contribution is 5.64. The molecule has 3 nitrogen and oxygen atoms in total. The van der Waals surface area contributed by atoms with Crippen molar-refractivity contribution >= 4 is 6.16 Å². The summed E-state index contributed by atoms with van der Waals surface area (Å²) in [6.45, 7) is 4.34. The van der Waals surface area contributed by atoms with Crippen LogP contribution in [-0.2, 0) is 11.2 Å². The summed E-state index contributed by atoms with van der Waals surface area (Å²) < 4.78 is 10.1. The number of para-hydroxylation sites is 1. The summed E-state index contributed by atoms with van der Waals surface area (Å²) in [5.74, 6) is 0.627. The van der Waals surface area contributed by atoms with Gasteiger partial charge >= 0.3 is 6.16 Å². The van der Waals surface area contributed by atoms with Gasteiger partial charge in [0.05, 0.1) is 6.61 Å². The molecule has 21 heavy (non-hydrogen) atoms. The van der Waals surface area contributed by atoms with E-state index in [1.165, 1.54) is 38.5 Å². The highest BCUT2D eigenvalue weighted by Crippen LogP contribution is 2.21. The van der Waals surface area contributed by atoms with E-state index >= 15 is 0 Å². The fourth-order valence-corrected chi connectivity index (χ4v) is 2.32. The molecule has 0 amide bonds. The van der Waals surface area contributed by atoms with Crippen molar-refractivity contribution in [3.05, 3.63) is 29.8 Å². The molecular weight excluding hydrogens is 264 g/mol. The zero-order chi connectivity index (χ0) is 15.3. The topological polar surface area (TPSA) is 35.5 Å². The third-order valence-corrected chi connectivity index (χ3v) is 3.48. The van der Waals surface area contributed by atoms with Crippen LogP contribution >= 0.6 is 0 Å². The van der Waals surface area contributed by atoms with Crippen molar-refractivity contribution in [3.63, 3.8) is 0 Å². The lowest BCUT2D eigenvalue weighted by Crippen LogP contribution is -2.11. The standard InChI is InChI=1S/C18H28O3/c1-3-5-6-7-8-9-10-13-16-14-11-12-15-17(16)21-18(19)20-4-2/h11-12,14-15H,3-10,13H2,1-2H3. The van der Waals surface area contributed by atoms with Crippen molar-refractivity contribution in [1.29, 1.82) is 0 Å². The number of rotatable bonds is 10. The molecule has 1 aromatic rings. The molecule has 0 heterocycles. The van der Waals surface area contributed by atoms with Crippen LogP contribution in [0.2, 0.25) is 0 Å². The van der Waals surface area contributed by atoms with Crippen molar-refractivity contribution in [2.24, 2.45) is 0 Å². The van der Waals surface area contributed by atoms with Crippen molar-refractivity contribution in [1.82, 2.24) is 0 Å². The quantitative estimate of drug-likeness (QED) is 0.324. The molecular formula is C18H28O3. The monoisotopic (exact) mass is 292 g/mol. The van der Waals surface area contributed by atoms with Gasteiger partial charge in [-0.3, -0.25) is 0 Å². The first kappa shape index (κ1) is 17.5. The lowest BCUT2D eigenvalue weighted by Gasteiger charge is -2.09. The predicted octanol–water partition coefficient (Wildman–Crippen LogP) is 5.52. The second-order valence-electron chi connectivity index (χ2n) is 5.26. The lowest BCUT2D eigenvalue weighted by molar-refractivity contribution is 0.104. The van der Waals surface area contributed by atoms with Crippen LogP contribution in [0.1, 0.15) is 64.4 Å². The summed E-state index contributed by atoms with van der Waals surface area (Å²) in [6.07, 6.45) is 9.30. The van der Waals surface area contributed by atoms with Crippen LogP contribution in [0.3, 0.4) is 0 Å². The van der Waals surface area contributed by atoms with E-state index in [0.29, 0.717) is 12.4 Å². The van der Waals surface area contributed by atoms with E-state index in [2.05, 4.69) is 6.92 Å².